The molecule has 3 aromatic carbocycles. The highest BCUT2D eigenvalue weighted by Crippen LogP contribution is 2.37. The Bertz CT molecular complexity index is 1160. The molecule has 5 rings (SSSR count). The van der Waals surface area contributed by atoms with Gasteiger partial charge in [0.15, 0.2) is 0 Å². The van der Waals surface area contributed by atoms with Gasteiger partial charge in [0.25, 0.3) is 0 Å². The van der Waals surface area contributed by atoms with Crippen molar-refractivity contribution in [3.05, 3.63) is 107 Å². The van der Waals surface area contributed by atoms with Gasteiger partial charge >= 0.3 is 0 Å². The zero-order chi connectivity index (χ0) is 22.5. The molecule has 3 atom stereocenters. The Kier molecular flexibility index (Phi) is 7.08. The fourth-order valence-electron chi connectivity index (χ4n) is 4.47. The monoisotopic (exact) mass is 461 g/mol. The number of H-pyrrole nitrogens is 1. The first-order valence-corrected chi connectivity index (χ1v) is 11.8. The second kappa shape index (κ2) is 10.5. The number of aromatic amines is 1. The SMILES string of the molecule is Clc1ccc2[nH]cc([C@H]3C[C@@H](OCc4ccccc4)C[C@@H](COCc4ccccc4)O3)c2c1. The maximum absolute atomic E-state index is 6.53. The van der Waals surface area contributed by atoms with Crippen molar-refractivity contribution < 1.29 is 14.2 Å². The van der Waals surface area contributed by atoms with Gasteiger partial charge in [-0.05, 0) is 29.3 Å². The predicted octanol–water partition coefficient (Wildman–Crippen LogP) is 6.84. The number of fused-ring (bicyclic) bond motifs is 1. The Morgan fingerprint density at radius 3 is 2.36 bits per heavy atom. The van der Waals surface area contributed by atoms with E-state index in [9.17, 15) is 0 Å². The second-order valence-corrected chi connectivity index (χ2v) is 9.01. The molecule has 0 aliphatic carbocycles. The van der Waals surface area contributed by atoms with Crippen LogP contribution >= 0.6 is 11.6 Å². The van der Waals surface area contributed by atoms with Gasteiger partial charge < -0.3 is 19.2 Å². The molecule has 0 spiro atoms. The Labute approximate surface area is 199 Å². The highest BCUT2D eigenvalue weighted by atomic mass is 35.5. The number of hydrogen-bond donors (Lipinski definition) is 1. The van der Waals surface area contributed by atoms with Gasteiger partial charge in [-0.3, -0.25) is 0 Å². The van der Waals surface area contributed by atoms with E-state index in [0.717, 1.165) is 39.9 Å². The van der Waals surface area contributed by atoms with Gasteiger partial charge in [0.05, 0.1) is 38.1 Å². The number of nitrogens with one attached hydrogen (secondary N) is 1. The van der Waals surface area contributed by atoms with Gasteiger partial charge in [-0.15, -0.1) is 0 Å². The van der Waals surface area contributed by atoms with Gasteiger partial charge in [-0.2, -0.15) is 0 Å². The lowest BCUT2D eigenvalue weighted by Crippen LogP contribution is -2.35. The van der Waals surface area contributed by atoms with Crippen LogP contribution in [0.2, 0.25) is 5.02 Å². The average Bonchev–Trinajstić information content (AvgIpc) is 3.27. The minimum absolute atomic E-state index is 0.0441. The average molecular weight is 462 g/mol. The summed E-state index contributed by atoms with van der Waals surface area (Å²) in [5.74, 6) is 0. The van der Waals surface area contributed by atoms with Gasteiger partial charge in [-0.25, -0.2) is 0 Å². The van der Waals surface area contributed by atoms with Crippen LogP contribution in [-0.2, 0) is 27.4 Å². The first-order valence-electron chi connectivity index (χ1n) is 11.4. The summed E-state index contributed by atoms with van der Waals surface area (Å²) < 4.78 is 18.9. The number of rotatable bonds is 8. The molecule has 0 unspecified atom stereocenters. The van der Waals surface area contributed by atoms with E-state index < -0.39 is 0 Å². The zero-order valence-electron chi connectivity index (χ0n) is 18.5. The molecule has 1 aliphatic rings. The number of halogens is 1. The van der Waals surface area contributed by atoms with Crippen molar-refractivity contribution in [2.45, 2.75) is 44.4 Å². The maximum atomic E-state index is 6.53. The lowest BCUT2D eigenvalue weighted by atomic mass is 9.95. The third-order valence-corrected chi connectivity index (χ3v) is 6.36. The minimum atomic E-state index is -0.0861. The Morgan fingerprint density at radius 2 is 1.61 bits per heavy atom. The summed E-state index contributed by atoms with van der Waals surface area (Å²) in [6, 6.07) is 26.4. The van der Waals surface area contributed by atoms with Crippen LogP contribution in [0, 0.1) is 0 Å². The lowest BCUT2D eigenvalue weighted by Gasteiger charge is -2.35. The van der Waals surface area contributed by atoms with Crippen LogP contribution in [0.5, 0.6) is 0 Å². The van der Waals surface area contributed by atoms with Crippen molar-refractivity contribution in [3.8, 4) is 0 Å². The first kappa shape index (κ1) is 22.2. The van der Waals surface area contributed by atoms with E-state index in [2.05, 4.69) is 29.2 Å². The van der Waals surface area contributed by atoms with Crippen LogP contribution in [0.25, 0.3) is 10.9 Å². The summed E-state index contributed by atoms with van der Waals surface area (Å²) >= 11 is 6.29. The summed E-state index contributed by atoms with van der Waals surface area (Å²) in [6.45, 7) is 1.69. The van der Waals surface area contributed by atoms with Crippen LogP contribution in [0.15, 0.2) is 85.1 Å². The number of benzene rings is 3. The molecule has 33 heavy (non-hydrogen) atoms. The number of ether oxygens (including phenoxy) is 3. The normalized spacial score (nSPS) is 20.8. The Morgan fingerprint density at radius 1 is 0.879 bits per heavy atom. The van der Waals surface area contributed by atoms with E-state index in [-0.39, 0.29) is 18.3 Å². The van der Waals surface area contributed by atoms with Gasteiger partial charge in [-0.1, -0.05) is 72.3 Å². The van der Waals surface area contributed by atoms with Gasteiger partial charge in [0.2, 0.25) is 0 Å². The van der Waals surface area contributed by atoms with E-state index in [1.54, 1.807) is 0 Å². The first-order chi connectivity index (χ1) is 16.2. The van der Waals surface area contributed by atoms with E-state index in [4.69, 9.17) is 25.8 Å². The molecule has 1 aromatic heterocycles. The van der Waals surface area contributed by atoms with E-state index in [1.807, 2.05) is 60.8 Å². The lowest BCUT2D eigenvalue weighted by molar-refractivity contribution is -0.141. The van der Waals surface area contributed by atoms with Crippen molar-refractivity contribution in [1.29, 1.82) is 0 Å². The van der Waals surface area contributed by atoms with Crippen molar-refractivity contribution in [2.24, 2.45) is 0 Å². The predicted molar refractivity (Wildman–Crippen MR) is 131 cm³/mol. The van der Waals surface area contributed by atoms with E-state index in [1.165, 1.54) is 5.56 Å². The van der Waals surface area contributed by atoms with Crippen LogP contribution in [0.3, 0.4) is 0 Å². The minimum Gasteiger partial charge on any atom is -0.374 e. The Hall–Kier alpha value is -2.63. The number of aromatic nitrogens is 1. The van der Waals surface area contributed by atoms with Gasteiger partial charge in [0.1, 0.15) is 0 Å². The molecule has 0 amide bonds. The van der Waals surface area contributed by atoms with Crippen molar-refractivity contribution in [1.82, 2.24) is 4.98 Å². The molecular formula is C28H28ClNO3. The quantitative estimate of drug-likeness (QED) is 0.312. The molecule has 1 saturated heterocycles. The highest BCUT2D eigenvalue weighted by molar-refractivity contribution is 6.31. The molecule has 1 aliphatic heterocycles. The smallest absolute Gasteiger partial charge is 0.0875 e. The Balaban J connectivity index is 1.30. The largest absolute Gasteiger partial charge is 0.374 e. The summed E-state index contributed by atoms with van der Waals surface area (Å²) in [4.78, 5) is 3.35. The summed E-state index contributed by atoms with van der Waals surface area (Å²) in [5, 5.41) is 1.82. The van der Waals surface area contributed by atoms with Crippen molar-refractivity contribution in [2.75, 3.05) is 6.61 Å². The molecule has 4 aromatic rings. The van der Waals surface area contributed by atoms with Crippen molar-refractivity contribution in [3.63, 3.8) is 0 Å². The van der Waals surface area contributed by atoms with Crippen molar-refractivity contribution >= 4 is 22.5 Å². The van der Waals surface area contributed by atoms with Crippen LogP contribution < -0.4 is 0 Å². The summed E-state index contributed by atoms with van der Waals surface area (Å²) in [5.41, 5.74) is 4.51. The van der Waals surface area contributed by atoms with E-state index in [0.29, 0.717) is 19.8 Å². The molecule has 2 heterocycles. The van der Waals surface area contributed by atoms with Crippen LogP contribution in [0.4, 0.5) is 0 Å². The molecule has 0 saturated carbocycles. The zero-order valence-corrected chi connectivity index (χ0v) is 19.2. The van der Waals surface area contributed by atoms with Crippen LogP contribution in [0.1, 0.15) is 35.6 Å². The third kappa shape index (κ3) is 5.66. The van der Waals surface area contributed by atoms with Gasteiger partial charge in [0, 0.05) is 40.5 Å². The molecule has 1 N–H and O–H groups in total. The molecular weight excluding hydrogens is 434 g/mol. The number of hydrogen-bond acceptors (Lipinski definition) is 3. The third-order valence-electron chi connectivity index (χ3n) is 6.13. The fourth-order valence-corrected chi connectivity index (χ4v) is 4.64. The molecule has 5 heteroatoms. The second-order valence-electron chi connectivity index (χ2n) is 8.57. The molecule has 0 bridgehead atoms. The summed E-state index contributed by atoms with van der Waals surface area (Å²) in [6.07, 6.45) is 3.59. The topological polar surface area (TPSA) is 43.5 Å². The highest BCUT2D eigenvalue weighted by Gasteiger charge is 2.32. The standard InChI is InChI=1S/C28H28ClNO3/c29-22-11-12-27-25(13-22)26(16-30-27)28-15-23(32-18-21-9-5-2-6-10-21)14-24(33-28)19-31-17-20-7-3-1-4-8-20/h1-13,16,23-24,28,30H,14-15,17-19H2/t23-,24-,28+/m0/s1. The van der Waals surface area contributed by atoms with E-state index >= 15 is 0 Å². The molecule has 4 nitrogen and oxygen atoms in total. The molecule has 1 fully saturated rings. The molecule has 0 radical (unpaired) electrons. The summed E-state index contributed by atoms with van der Waals surface area (Å²) in [7, 11) is 0. The maximum Gasteiger partial charge on any atom is 0.0875 e. The van der Waals surface area contributed by atoms with Crippen LogP contribution in [-0.4, -0.2) is 23.8 Å². The molecule has 170 valence electrons. The fraction of sp³-hybridized carbons (Fsp3) is 0.286.